The number of nitrogens with zero attached hydrogens (tertiary/aromatic N) is 4. The SMILES string of the molecule is CCN(CC(=O)O)C(=O)n1nc(-c2ccccc2O)cc1CCN(C)C. The number of carboxylic acids is 1. The molecule has 0 radical (unpaired) electrons. The van der Waals surface area contributed by atoms with E-state index in [9.17, 15) is 14.7 Å². The molecule has 8 nitrogen and oxygen atoms in total. The summed E-state index contributed by atoms with van der Waals surface area (Å²) in [5.41, 5.74) is 1.65. The van der Waals surface area contributed by atoms with Crippen LogP contribution in [0, 0.1) is 0 Å². The first kappa shape index (κ1) is 19.5. The van der Waals surface area contributed by atoms with Gasteiger partial charge in [-0.2, -0.15) is 9.78 Å². The fourth-order valence-corrected chi connectivity index (χ4v) is 2.54. The molecule has 2 aromatic rings. The van der Waals surface area contributed by atoms with Crippen molar-refractivity contribution in [3.63, 3.8) is 0 Å². The first-order valence-corrected chi connectivity index (χ1v) is 8.36. The Morgan fingerprint density at radius 3 is 2.50 bits per heavy atom. The van der Waals surface area contributed by atoms with Gasteiger partial charge in [-0.25, -0.2) is 4.79 Å². The van der Waals surface area contributed by atoms with E-state index < -0.39 is 18.5 Å². The summed E-state index contributed by atoms with van der Waals surface area (Å²) in [5, 5.41) is 23.4. The number of likely N-dealkylation sites (N-methyl/N-ethyl adjacent to an activating group) is 2. The van der Waals surface area contributed by atoms with Gasteiger partial charge in [-0.05, 0) is 39.2 Å². The molecule has 0 fully saturated rings. The van der Waals surface area contributed by atoms with Crippen LogP contribution in [-0.2, 0) is 11.2 Å². The lowest BCUT2D eigenvalue weighted by atomic mass is 10.1. The Hall–Kier alpha value is -2.87. The largest absolute Gasteiger partial charge is 0.507 e. The number of phenolic OH excluding ortho intramolecular Hbond substituents is 1. The molecule has 0 aliphatic rings. The molecule has 8 heteroatoms. The van der Waals surface area contributed by atoms with Gasteiger partial charge in [0.1, 0.15) is 12.3 Å². The highest BCUT2D eigenvalue weighted by atomic mass is 16.4. The molecule has 0 aliphatic carbocycles. The molecule has 0 atom stereocenters. The Labute approximate surface area is 152 Å². The number of aromatic nitrogens is 2. The molecule has 0 spiro atoms. The fraction of sp³-hybridized carbons (Fsp3) is 0.389. The van der Waals surface area contributed by atoms with Crippen LogP contribution in [0.25, 0.3) is 11.3 Å². The molecule has 2 N–H and O–H groups in total. The standard InChI is InChI=1S/C18H24N4O4/c1-4-21(12-17(24)25)18(26)22-13(9-10-20(2)3)11-15(19-22)14-7-5-6-8-16(14)23/h5-8,11,23H,4,9-10,12H2,1-3H3,(H,24,25). The average Bonchev–Trinajstić information content (AvgIpc) is 3.01. The normalized spacial score (nSPS) is 10.9. The number of aliphatic carboxylic acids is 1. The third-order valence-corrected chi connectivity index (χ3v) is 3.94. The number of carboxylic acid groups (broad SMARTS) is 1. The molecule has 1 aromatic carbocycles. The molecule has 1 heterocycles. The zero-order chi connectivity index (χ0) is 19.3. The van der Waals surface area contributed by atoms with Crippen molar-refractivity contribution in [2.75, 3.05) is 33.7 Å². The van der Waals surface area contributed by atoms with E-state index in [2.05, 4.69) is 5.10 Å². The number of carbonyl (C=O) groups excluding carboxylic acids is 1. The molecule has 0 unspecified atom stereocenters. The Morgan fingerprint density at radius 1 is 1.23 bits per heavy atom. The summed E-state index contributed by atoms with van der Waals surface area (Å²) in [4.78, 5) is 27.0. The van der Waals surface area contributed by atoms with Gasteiger partial charge in [0, 0.05) is 25.1 Å². The molecule has 140 valence electrons. The van der Waals surface area contributed by atoms with Crippen molar-refractivity contribution >= 4 is 12.0 Å². The van der Waals surface area contributed by atoms with E-state index in [-0.39, 0.29) is 12.3 Å². The van der Waals surface area contributed by atoms with Crippen molar-refractivity contribution < 1.29 is 19.8 Å². The predicted octanol–water partition coefficient (Wildman–Crippen LogP) is 1.73. The van der Waals surface area contributed by atoms with Crippen LogP contribution in [0.3, 0.4) is 0 Å². The number of phenols is 1. The quantitative estimate of drug-likeness (QED) is 0.780. The summed E-state index contributed by atoms with van der Waals surface area (Å²) in [6.07, 6.45) is 0.559. The topological polar surface area (TPSA) is 98.9 Å². The van der Waals surface area contributed by atoms with Crippen molar-refractivity contribution in [1.29, 1.82) is 0 Å². The lowest BCUT2D eigenvalue weighted by Crippen LogP contribution is -2.39. The Morgan fingerprint density at radius 2 is 1.92 bits per heavy atom. The molecule has 0 bridgehead atoms. The van der Waals surface area contributed by atoms with Gasteiger partial charge in [-0.1, -0.05) is 12.1 Å². The van der Waals surface area contributed by atoms with Crippen LogP contribution in [0.2, 0.25) is 0 Å². The number of amides is 1. The van der Waals surface area contributed by atoms with Crippen molar-refractivity contribution in [3.05, 3.63) is 36.0 Å². The number of benzene rings is 1. The highest BCUT2D eigenvalue weighted by Crippen LogP contribution is 2.28. The average molecular weight is 360 g/mol. The minimum Gasteiger partial charge on any atom is -0.507 e. The van der Waals surface area contributed by atoms with E-state index in [1.165, 1.54) is 9.58 Å². The summed E-state index contributed by atoms with van der Waals surface area (Å²) in [6.45, 7) is 2.27. The molecule has 1 amide bonds. The zero-order valence-corrected chi connectivity index (χ0v) is 15.2. The van der Waals surface area contributed by atoms with Gasteiger partial charge in [0.25, 0.3) is 0 Å². The van der Waals surface area contributed by atoms with Gasteiger partial charge in [0.15, 0.2) is 0 Å². The van der Waals surface area contributed by atoms with Crippen molar-refractivity contribution in [1.82, 2.24) is 19.6 Å². The second kappa shape index (κ2) is 8.48. The van der Waals surface area contributed by atoms with Crippen molar-refractivity contribution in [2.45, 2.75) is 13.3 Å². The monoisotopic (exact) mass is 360 g/mol. The summed E-state index contributed by atoms with van der Waals surface area (Å²) < 4.78 is 1.23. The maximum Gasteiger partial charge on any atom is 0.345 e. The molecular formula is C18H24N4O4. The third-order valence-electron chi connectivity index (χ3n) is 3.94. The van der Waals surface area contributed by atoms with E-state index >= 15 is 0 Å². The van der Waals surface area contributed by atoms with Crippen LogP contribution in [0.15, 0.2) is 30.3 Å². The van der Waals surface area contributed by atoms with Crippen molar-refractivity contribution in [3.8, 4) is 17.0 Å². The second-order valence-electron chi connectivity index (χ2n) is 6.19. The van der Waals surface area contributed by atoms with Crippen LogP contribution in [0.1, 0.15) is 12.6 Å². The van der Waals surface area contributed by atoms with Crippen LogP contribution < -0.4 is 0 Å². The molecule has 0 saturated carbocycles. The van der Waals surface area contributed by atoms with E-state index in [1.54, 1.807) is 37.3 Å². The molecule has 26 heavy (non-hydrogen) atoms. The number of hydrogen-bond donors (Lipinski definition) is 2. The number of carbonyl (C=O) groups is 2. The maximum atomic E-state index is 12.8. The van der Waals surface area contributed by atoms with Gasteiger partial charge in [-0.15, -0.1) is 0 Å². The van der Waals surface area contributed by atoms with Gasteiger partial charge < -0.3 is 20.0 Å². The van der Waals surface area contributed by atoms with Crippen molar-refractivity contribution in [2.24, 2.45) is 0 Å². The minimum atomic E-state index is -1.08. The van der Waals surface area contributed by atoms with Crippen LogP contribution >= 0.6 is 0 Å². The van der Waals surface area contributed by atoms with Crippen LogP contribution in [0.5, 0.6) is 5.75 Å². The summed E-state index contributed by atoms with van der Waals surface area (Å²) in [5.74, 6) is -1.01. The van der Waals surface area contributed by atoms with E-state index in [0.29, 0.717) is 29.9 Å². The molecule has 0 saturated heterocycles. The lowest BCUT2D eigenvalue weighted by Gasteiger charge is -2.19. The maximum absolute atomic E-state index is 12.8. The van der Waals surface area contributed by atoms with Gasteiger partial charge in [0.05, 0.1) is 11.4 Å². The molecular weight excluding hydrogens is 336 g/mol. The Balaban J connectivity index is 2.43. The van der Waals surface area contributed by atoms with Crippen LogP contribution in [-0.4, -0.2) is 75.5 Å². The van der Waals surface area contributed by atoms with E-state index in [4.69, 9.17) is 5.11 Å². The number of rotatable bonds is 7. The van der Waals surface area contributed by atoms with E-state index in [0.717, 1.165) is 0 Å². The highest BCUT2D eigenvalue weighted by molar-refractivity contribution is 5.82. The molecule has 1 aromatic heterocycles. The lowest BCUT2D eigenvalue weighted by molar-refractivity contribution is -0.137. The first-order valence-electron chi connectivity index (χ1n) is 8.36. The minimum absolute atomic E-state index is 0.0710. The number of hydrogen-bond acceptors (Lipinski definition) is 5. The summed E-state index contributed by atoms with van der Waals surface area (Å²) >= 11 is 0. The number of aromatic hydroxyl groups is 1. The first-order chi connectivity index (χ1) is 12.3. The number of para-hydroxylation sites is 1. The zero-order valence-electron chi connectivity index (χ0n) is 15.2. The summed E-state index contributed by atoms with van der Waals surface area (Å²) in [6, 6.07) is 8.02. The van der Waals surface area contributed by atoms with Gasteiger partial charge >= 0.3 is 12.0 Å². The smallest absolute Gasteiger partial charge is 0.345 e. The summed E-state index contributed by atoms with van der Waals surface area (Å²) in [7, 11) is 3.85. The fourth-order valence-electron chi connectivity index (χ4n) is 2.54. The molecule has 0 aliphatic heterocycles. The van der Waals surface area contributed by atoms with Crippen LogP contribution in [0.4, 0.5) is 4.79 Å². The Bertz CT molecular complexity index is 785. The highest BCUT2D eigenvalue weighted by Gasteiger charge is 2.22. The van der Waals surface area contributed by atoms with Gasteiger partial charge in [0.2, 0.25) is 0 Å². The van der Waals surface area contributed by atoms with Gasteiger partial charge in [-0.3, -0.25) is 4.79 Å². The Kier molecular flexibility index (Phi) is 6.35. The predicted molar refractivity (Wildman–Crippen MR) is 97.3 cm³/mol. The second-order valence-corrected chi connectivity index (χ2v) is 6.19. The third kappa shape index (κ3) is 4.60. The van der Waals surface area contributed by atoms with E-state index in [1.807, 2.05) is 19.0 Å². The molecule has 2 rings (SSSR count).